The summed E-state index contributed by atoms with van der Waals surface area (Å²) in [6.07, 6.45) is 5.65. The van der Waals surface area contributed by atoms with Crippen LogP contribution < -0.4 is 4.90 Å². The third kappa shape index (κ3) is 2.30. The van der Waals surface area contributed by atoms with Crippen LogP contribution in [0.2, 0.25) is 0 Å². The van der Waals surface area contributed by atoms with Crippen LogP contribution >= 0.6 is 0 Å². The lowest BCUT2D eigenvalue weighted by molar-refractivity contribution is 0.0985. The van der Waals surface area contributed by atoms with Crippen molar-refractivity contribution in [2.45, 2.75) is 13.3 Å². The van der Waals surface area contributed by atoms with Gasteiger partial charge in [-0.05, 0) is 25.0 Å². The second kappa shape index (κ2) is 5.35. The maximum atomic E-state index is 12.9. The van der Waals surface area contributed by atoms with Gasteiger partial charge in [0.05, 0.1) is 5.69 Å². The number of hydrogen-bond donors (Lipinski definition) is 0. The molecule has 3 heterocycles. The molecule has 0 bridgehead atoms. The number of fused-ring (bicyclic) bond motifs is 1. The molecule has 114 valence electrons. The topological polar surface area (TPSA) is 59.2 Å². The lowest BCUT2D eigenvalue weighted by atomic mass is 10.1. The smallest absolute Gasteiger partial charge is 0.280 e. The van der Waals surface area contributed by atoms with Crippen LogP contribution in [0, 0.1) is 6.92 Å². The van der Waals surface area contributed by atoms with E-state index in [2.05, 4.69) is 9.97 Å². The second-order valence-corrected chi connectivity index (χ2v) is 5.61. The lowest BCUT2D eigenvalue weighted by Gasteiger charge is -2.16. The first-order valence-electron chi connectivity index (χ1n) is 7.49. The Bertz CT molecular complexity index is 868. The molecule has 0 radical (unpaired) electrons. The number of rotatable bonds is 2. The predicted molar refractivity (Wildman–Crippen MR) is 86.3 cm³/mol. The van der Waals surface area contributed by atoms with Gasteiger partial charge in [0.25, 0.3) is 5.91 Å². The van der Waals surface area contributed by atoms with Crippen molar-refractivity contribution < 1.29 is 9.21 Å². The third-order valence-corrected chi connectivity index (χ3v) is 4.10. The minimum atomic E-state index is -0.140. The quantitative estimate of drug-likeness (QED) is 0.729. The summed E-state index contributed by atoms with van der Waals surface area (Å²) in [5.41, 5.74) is 4.34. The van der Waals surface area contributed by atoms with Crippen LogP contribution in [0.3, 0.4) is 0 Å². The van der Waals surface area contributed by atoms with Crippen LogP contribution in [-0.2, 0) is 6.42 Å². The van der Waals surface area contributed by atoms with Gasteiger partial charge in [-0.3, -0.25) is 9.78 Å². The molecule has 23 heavy (non-hydrogen) atoms. The molecule has 1 aliphatic heterocycles. The van der Waals surface area contributed by atoms with Gasteiger partial charge in [-0.25, -0.2) is 4.98 Å². The molecule has 4 rings (SSSR count). The number of pyridine rings is 1. The van der Waals surface area contributed by atoms with Crippen molar-refractivity contribution >= 4 is 11.6 Å². The van der Waals surface area contributed by atoms with Crippen molar-refractivity contribution in [1.29, 1.82) is 0 Å². The first-order valence-corrected chi connectivity index (χ1v) is 7.49. The molecule has 0 spiro atoms. The van der Waals surface area contributed by atoms with Crippen molar-refractivity contribution in [3.63, 3.8) is 0 Å². The molecule has 0 saturated carbocycles. The summed E-state index contributed by atoms with van der Waals surface area (Å²) in [5, 5.41) is 0. The average Bonchev–Trinajstić information content (AvgIpc) is 3.22. The highest BCUT2D eigenvalue weighted by Gasteiger charge is 2.29. The van der Waals surface area contributed by atoms with E-state index in [1.165, 1.54) is 6.39 Å². The minimum absolute atomic E-state index is 0.140. The molecule has 0 fully saturated rings. The van der Waals surface area contributed by atoms with Crippen LogP contribution in [0.25, 0.3) is 11.3 Å². The van der Waals surface area contributed by atoms with Gasteiger partial charge in [0, 0.05) is 24.5 Å². The summed E-state index contributed by atoms with van der Waals surface area (Å²) >= 11 is 0. The number of aromatic nitrogens is 2. The Morgan fingerprint density at radius 2 is 2.04 bits per heavy atom. The summed E-state index contributed by atoms with van der Waals surface area (Å²) in [6.45, 7) is 2.66. The van der Waals surface area contributed by atoms with Crippen molar-refractivity contribution in [1.82, 2.24) is 9.97 Å². The Morgan fingerprint density at radius 3 is 2.87 bits per heavy atom. The fourth-order valence-corrected chi connectivity index (χ4v) is 2.88. The first-order chi connectivity index (χ1) is 11.2. The summed E-state index contributed by atoms with van der Waals surface area (Å²) < 4.78 is 5.49. The SMILES string of the molecule is Cc1ccc(-c2ocnc2C(=O)N2CCc3cnccc32)cc1. The molecule has 3 aromatic rings. The Balaban J connectivity index is 1.71. The largest absolute Gasteiger partial charge is 0.443 e. The molecular formula is C18H15N3O2. The fraction of sp³-hybridized carbons (Fsp3) is 0.167. The number of benzene rings is 1. The summed E-state index contributed by atoms with van der Waals surface area (Å²) in [5.74, 6) is 0.372. The van der Waals surface area contributed by atoms with E-state index in [4.69, 9.17) is 4.42 Å². The van der Waals surface area contributed by atoms with Crippen LogP contribution in [0.15, 0.2) is 53.5 Å². The van der Waals surface area contributed by atoms with Gasteiger partial charge >= 0.3 is 0 Å². The number of carbonyl (C=O) groups excluding carboxylic acids is 1. The van der Waals surface area contributed by atoms with Gasteiger partial charge in [-0.2, -0.15) is 0 Å². The van der Waals surface area contributed by atoms with Gasteiger partial charge in [0.15, 0.2) is 17.8 Å². The number of carbonyl (C=O) groups is 1. The van der Waals surface area contributed by atoms with E-state index in [0.29, 0.717) is 18.0 Å². The zero-order valence-electron chi connectivity index (χ0n) is 12.7. The van der Waals surface area contributed by atoms with E-state index in [1.807, 2.05) is 43.5 Å². The van der Waals surface area contributed by atoms with E-state index in [9.17, 15) is 4.79 Å². The van der Waals surface area contributed by atoms with E-state index < -0.39 is 0 Å². The zero-order chi connectivity index (χ0) is 15.8. The zero-order valence-corrected chi connectivity index (χ0v) is 12.7. The van der Waals surface area contributed by atoms with Crippen molar-refractivity contribution in [3.8, 4) is 11.3 Å². The van der Waals surface area contributed by atoms with E-state index in [1.54, 1.807) is 11.1 Å². The summed E-state index contributed by atoms with van der Waals surface area (Å²) in [7, 11) is 0. The molecule has 5 nitrogen and oxygen atoms in total. The Morgan fingerprint density at radius 1 is 1.22 bits per heavy atom. The number of oxazole rings is 1. The van der Waals surface area contributed by atoms with Gasteiger partial charge < -0.3 is 9.32 Å². The highest BCUT2D eigenvalue weighted by Crippen LogP contribution is 2.30. The normalized spacial score (nSPS) is 13.2. The number of nitrogens with zero attached hydrogens (tertiary/aromatic N) is 3. The van der Waals surface area contributed by atoms with E-state index in [0.717, 1.165) is 28.8 Å². The molecule has 0 saturated heterocycles. The Hall–Kier alpha value is -2.95. The van der Waals surface area contributed by atoms with Crippen LogP contribution in [0.5, 0.6) is 0 Å². The van der Waals surface area contributed by atoms with Crippen molar-refractivity contribution in [2.24, 2.45) is 0 Å². The fourth-order valence-electron chi connectivity index (χ4n) is 2.88. The van der Waals surface area contributed by atoms with Crippen molar-refractivity contribution in [3.05, 3.63) is 65.9 Å². The Labute approximate surface area is 133 Å². The molecule has 0 atom stereocenters. The average molecular weight is 305 g/mol. The van der Waals surface area contributed by atoms with Crippen molar-refractivity contribution in [2.75, 3.05) is 11.4 Å². The lowest BCUT2D eigenvalue weighted by Crippen LogP contribution is -2.29. The van der Waals surface area contributed by atoms with Crippen LogP contribution in [0.4, 0.5) is 5.69 Å². The number of hydrogen-bond acceptors (Lipinski definition) is 4. The standard InChI is InChI=1S/C18H15N3O2/c1-12-2-4-13(5-3-12)17-16(20-11-23-17)18(22)21-9-7-14-10-19-8-6-15(14)21/h2-6,8,10-11H,7,9H2,1H3. The van der Waals surface area contributed by atoms with Gasteiger partial charge in [0.2, 0.25) is 0 Å². The maximum absolute atomic E-state index is 12.9. The highest BCUT2D eigenvalue weighted by atomic mass is 16.3. The first kappa shape index (κ1) is 13.7. The van der Waals surface area contributed by atoms with Crippen LogP contribution in [-0.4, -0.2) is 22.4 Å². The molecule has 2 aromatic heterocycles. The molecular weight excluding hydrogens is 290 g/mol. The van der Waals surface area contributed by atoms with Gasteiger partial charge in [-0.15, -0.1) is 0 Å². The molecule has 0 N–H and O–H groups in total. The Kier molecular flexibility index (Phi) is 3.19. The maximum Gasteiger partial charge on any atom is 0.280 e. The number of anilines is 1. The predicted octanol–water partition coefficient (Wildman–Crippen LogP) is 3.25. The minimum Gasteiger partial charge on any atom is -0.443 e. The molecule has 5 heteroatoms. The van der Waals surface area contributed by atoms with E-state index in [-0.39, 0.29) is 5.91 Å². The highest BCUT2D eigenvalue weighted by molar-refractivity contribution is 6.09. The monoisotopic (exact) mass is 305 g/mol. The van der Waals surface area contributed by atoms with Gasteiger partial charge in [-0.1, -0.05) is 29.8 Å². The molecule has 1 aromatic carbocycles. The molecule has 0 unspecified atom stereocenters. The number of aryl methyl sites for hydroxylation is 1. The third-order valence-electron chi connectivity index (χ3n) is 4.10. The molecule has 1 aliphatic rings. The number of amides is 1. The second-order valence-electron chi connectivity index (χ2n) is 5.61. The van der Waals surface area contributed by atoms with E-state index >= 15 is 0 Å². The summed E-state index contributed by atoms with van der Waals surface area (Å²) in [4.78, 5) is 22.9. The molecule has 1 amide bonds. The molecule has 0 aliphatic carbocycles. The van der Waals surface area contributed by atoms with Crippen LogP contribution in [0.1, 0.15) is 21.6 Å². The van der Waals surface area contributed by atoms with Gasteiger partial charge in [0.1, 0.15) is 0 Å². The summed E-state index contributed by atoms with van der Waals surface area (Å²) in [6, 6.07) is 9.72.